The summed E-state index contributed by atoms with van der Waals surface area (Å²) in [6.45, 7) is 0.356. The van der Waals surface area contributed by atoms with Crippen LogP contribution in [0.15, 0.2) is 50.0 Å². The Morgan fingerprint density at radius 1 is 1.14 bits per heavy atom. The molecule has 2 aromatic rings. The number of hydrogen-bond donors (Lipinski definition) is 0. The van der Waals surface area contributed by atoms with Gasteiger partial charge in [-0.25, -0.2) is 8.42 Å². The number of nitrogens with zero attached hydrogens (tertiary/aromatic N) is 2. The van der Waals surface area contributed by atoms with Crippen LogP contribution in [0.25, 0.3) is 10.6 Å². The molecule has 8 heteroatoms. The molecule has 0 aromatic carbocycles. The zero-order valence-electron chi connectivity index (χ0n) is 10.7. The van der Waals surface area contributed by atoms with Crippen LogP contribution in [0.2, 0.25) is 0 Å². The molecule has 0 spiro atoms. The number of amidine groups is 1. The van der Waals surface area contributed by atoms with Gasteiger partial charge in [0.2, 0.25) is 0 Å². The topological polar surface area (TPSA) is 76.0 Å². The highest BCUT2D eigenvalue weighted by Crippen LogP contribution is 2.46. The van der Waals surface area contributed by atoms with Gasteiger partial charge < -0.3 is 13.7 Å². The first-order valence-corrected chi connectivity index (χ1v) is 8.67. The fourth-order valence-electron chi connectivity index (χ4n) is 2.29. The third-order valence-corrected chi connectivity index (χ3v) is 5.56. The van der Waals surface area contributed by atoms with Crippen molar-refractivity contribution >= 4 is 37.6 Å². The first-order valence-electron chi connectivity index (χ1n) is 6.24. The van der Waals surface area contributed by atoms with Crippen molar-refractivity contribution in [3.05, 3.63) is 48.3 Å². The minimum atomic E-state index is -3.38. The summed E-state index contributed by atoms with van der Waals surface area (Å²) in [5, 5.41) is 0.444. The van der Waals surface area contributed by atoms with E-state index in [1.807, 2.05) is 17.0 Å². The number of hydrogen-bond acceptors (Lipinski definition) is 6. The molecule has 0 N–H and O–H groups in total. The van der Waals surface area contributed by atoms with Gasteiger partial charge in [0.05, 0.1) is 23.2 Å². The Hall–Kier alpha value is -1.93. The predicted molar refractivity (Wildman–Crippen MR) is 79.7 cm³/mol. The average Bonchev–Trinajstić information content (AvgIpc) is 3.17. The summed E-state index contributed by atoms with van der Waals surface area (Å²) in [5.41, 5.74) is 0.800. The standard InChI is InChI=1S/C13H10N2O4S2/c16-21(17)8-5-15-11(9-3-1-6-18-9)12(20-13(15)14-21)10-4-2-7-19-10/h1-4,6-7H,5,8H2. The fraction of sp³-hybridized carbons (Fsp3) is 0.154. The van der Waals surface area contributed by atoms with Crippen LogP contribution >= 0.6 is 11.8 Å². The highest BCUT2D eigenvalue weighted by atomic mass is 32.2. The van der Waals surface area contributed by atoms with Crippen molar-refractivity contribution in [2.45, 2.75) is 0 Å². The molecule has 0 atom stereocenters. The van der Waals surface area contributed by atoms with Crippen molar-refractivity contribution in [2.24, 2.45) is 4.40 Å². The minimum Gasteiger partial charge on any atom is -0.464 e. The van der Waals surface area contributed by atoms with E-state index in [0.717, 1.165) is 10.6 Å². The molecule has 0 aliphatic carbocycles. The lowest BCUT2D eigenvalue weighted by atomic mass is 10.2. The summed E-state index contributed by atoms with van der Waals surface area (Å²) in [5.74, 6) is 1.33. The summed E-state index contributed by atoms with van der Waals surface area (Å²) >= 11 is 1.28. The van der Waals surface area contributed by atoms with Gasteiger partial charge in [-0.15, -0.1) is 4.40 Å². The molecule has 2 aromatic heterocycles. The van der Waals surface area contributed by atoms with Gasteiger partial charge >= 0.3 is 0 Å². The second kappa shape index (κ2) is 4.54. The molecule has 0 bridgehead atoms. The van der Waals surface area contributed by atoms with Crippen LogP contribution < -0.4 is 0 Å². The largest absolute Gasteiger partial charge is 0.464 e. The zero-order chi connectivity index (χ0) is 14.4. The maximum Gasteiger partial charge on any atom is 0.257 e. The smallest absolute Gasteiger partial charge is 0.257 e. The zero-order valence-corrected chi connectivity index (χ0v) is 12.4. The van der Waals surface area contributed by atoms with E-state index in [9.17, 15) is 8.42 Å². The van der Waals surface area contributed by atoms with Gasteiger partial charge in [0.1, 0.15) is 11.5 Å². The molecular weight excluding hydrogens is 312 g/mol. The summed E-state index contributed by atoms with van der Waals surface area (Å²) < 4.78 is 38.2. The second-order valence-corrected chi connectivity index (χ2v) is 7.28. The van der Waals surface area contributed by atoms with Crippen molar-refractivity contribution in [1.82, 2.24) is 4.90 Å². The average molecular weight is 322 g/mol. The predicted octanol–water partition coefficient (Wildman–Crippen LogP) is 2.45. The number of fused-ring (bicyclic) bond motifs is 1. The number of rotatable bonds is 2. The lowest BCUT2D eigenvalue weighted by Gasteiger charge is -2.23. The normalized spacial score (nSPS) is 20.6. The number of sulfonamides is 1. The van der Waals surface area contributed by atoms with Crippen LogP contribution in [0.5, 0.6) is 0 Å². The molecule has 21 heavy (non-hydrogen) atoms. The third-order valence-electron chi connectivity index (χ3n) is 3.20. The molecule has 0 amide bonds. The van der Waals surface area contributed by atoms with Gasteiger partial charge in [0.25, 0.3) is 10.0 Å². The quantitative estimate of drug-likeness (QED) is 0.845. The molecule has 4 heterocycles. The molecule has 2 aliphatic rings. The first kappa shape index (κ1) is 12.8. The molecule has 2 aliphatic heterocycles. The molecule has 0 unspecified atom stereocenters. The van der Waals surface area contributed by atoms with E-state index in [-0.39, 0.29) is 5.75 Å². The van der Waals surface area contributed by atoms with Gasteiger partial charge in [-0.2, -0.15) is 0 Å². The monoisotopic (exact) mass is 322 g/mol. The summed E-state index contributed by atoms with van der Waals surface area (Å²) in [6, 6.07) is 7.25. The highest BCUT2D eigenvalue weighted by molar-refractivity contribution is 8.22. The van der Waals surface area contributed by atoms with E-state index in [2.05, 4.69) is 4.40 Å². The van der Waals surface area contributed by atoms with Crippen molar-refractivity contribution in [3.63, 3.8) is 0 Å². The van der Waals surface area contributed by atoms with Crippen molar-refractivity contribution in [3.8, 4) is 0 Å². The SMILES string of the molecule is O=S1(=O)CCN2C(=N1)SC(c1ccco1)=C2c1ccco1. The Morgan fingerprint density at radius 3 is 2.52 bits per heavy atom. The van der Waals surface area contributed by atoms with Gasteiger partial charge in [0, 0.05) is 6.54 Å². The van der Waals surface area contributed by atoms with E-state index < -0.39 is 10.0 Å². The van der Waals surface area contributed by atoms with Crippen LogP contribution in [-0.4, -0.2) is 30.8 Å². The Kier molecular flexibility index (Phi) is 2.76. The van der Waals surface area contributed by atoms with Crippen LogP contribution in [0.4, 0.5) is 0 Å². The maximum absolute atomic E-state index is 11.7. The van der Waals surface area contributed by atoms with E-state index in [4.69, 9.17) is 8.83 Å². The molecule has 4 rings (SSSR count). The molecule has 6 nitrogen and oxygen atoms in total. The van der Waals surface area contributed by atoms with Crippen LogP contribution in [0, 0.1) is 0 Å². The molecule has 0 saturated heterocycles. The fourth-order valence-corrected chi connectivity index (χ4v) is 4.62. The van der Waals surface area contributed by atoms with Gasteiger partial charge in [-0.3, -0.25) is 0 Å². The van der Waals surface area contributed by atoms with Crippen LogP contribution in [0.3, 0.4) is 0 Å². The first-order chi connectivity index (χ1) is 10.1. The molecule has 0 radical (unpaired) electrons. The summed E-state index contributed by atoms with van der Waals surface area (Å²) in [4.78, 5) is 2.67. The van der Waals surface area contributed by atoms with E-state index in [1.54, 1.807) is 24.7 Å². The Bertz CT molecular complexity index is 833. The second-order valence-electron chi connectivity index (χ2n) is 4.55. The van der Waals surface area contributed by atoms with Gasteiger partial charge in [0.15, 0.2) is 10.9 Å². The van der Waals surface area contributed by atoms with Crippen LogP contribution in [-0.2, 0) is 10.0 Å². The Balaban J connectivity index is 1.90. The lowest BCUT2D eigenvalue weighted by Crippen LogP contribution is -2.34. The Morgan fingerprint density at radius 2 is 1.86 bits per heavy atom. The maximum atomic E-state index is 11.7. The lowest BCUT2D eigenvalue weighted by molar-refractivity contribution is 0.515. The number of furan rings is 2. The molecule has 0 saturated carbocycles. The van der Waals surface area contributed by atoms with Crippen molar-refractivity contribution in [2.75, 3.05) is 12.3 Å². The number of thioether (sulfide) groups is 1. The molecular formula is C13H10N2O4S2. The van der Waals surface area contributed by atoms with Crippen molar-refractivity contribution in [1.29, 1.82) is 0 Å². The van der Waals surface area contributed by atoms with E-state index >= 15 is 0 Å². The highest BCUT2D eigenvalue weighted by Gasteiger charge is 2.38. The Labute approximate surface area is 125 Å². The summed E-state index contributed by atoms with van der Waals surface area (Å²) in [6.07, 6.45) is 3.17. The van der Waals surface area contributed by atoms with Gasteiger partial charge in [-0.1, -0.05) is 0 Å². The van der Waals surface area contributed by atoms with Gasteiger partial charge in [-0.05, 0) is 36.0 Å². The van der Waals surface area contributed by atoms with Crippen molar-refractivity contribution < 1.29 is 17.3 Å². The van der Waals surface area contributed by atoms with E-state index in [0.29, 0.717) is 23.2 Å². The molecule has 108 valence electrons. The summed E-state index contributed by atoms with van der Waals surface area (Å²) in [7, 11) is -3.38. The van der Waals surface area contributed by atoms with Crippen LogP contribution in [0.1, 0.15) is 11.5 Å². The van der Waals surface area contributed by atoms with E-state index in [1.165, 1.54) is 11.8 Å². The molecule has 0 fully saturated rings. The third kappa shape index (κ3) is 2.11. The minimum absolute atomic E-state index is 0.00724.